The molecule has 0 aliphatic carbocycles. The Morgan fingerprint density at radius 1 is 1.26 bits per heavy atom. The number of aryl methyl sites for hydroxylation is 1. The van der Waals surface area contributed by atoms with E-state index in [2.05, 4.69) is 25.2 Å². The molecule has 1 amide bonds. The summed E-state index contributed by atoms with van der Waals surface area (Å²) in [4.78, 5) is 27.2. The summed E-state index contributed by atoms with van der Waals surface area (Å²) in [5, 5.41) is 3.16. The van der Waals surface area contributed by atoms with E-state index in [1.807, 2.05) is 24.6 Å². The molecule has 3 rings (SSSR count). The van der Waals surface area contributed by atoms with Crippen molar-refractivity contribution in [2.75, 3.05) is 18.0 Å². The first-order chi connectivity index (χ1) is 11.1. The average Bonchev–Trinajstić information content (AvgIpc) is 3.01. The number of rotatable bonds is 4. The van der Waals surface area contributed by atoms with E-state index in [4.69, 9.17) is 0 Å². The van der Waals surface area contributed by atoms with E-state index in [0.29, 0.717) is 0 Å². The van der Waals surface area contributed by atoms with Gasteiger partial charge >= 0.3 is 0 Å². The van der Waals surface area contributed by atoms with Gasteiger partial charge in [-0.2, -0.15) is 0 Å². The predicted octanol–water partition coefficient (Wildman–Crippen LogP) is 1.33. The smallest absolute Gasteiger partial charge is 0.243 e. The minimum Gasteiger partial charge on any atom is -0.355 e. The minimum atomic E-state index is -0.240. The van der Waals surface area contributed by atoms with Gasteiger partial charge in [-0.1, -0.05) is 0 Å². The maximum Gasteiger partial charge on any atom is 0.243 e. The quantitative estimate of drug-likeness (QED) is 0.921. The molecule has 1 N–H and O–H groups in total. The van der Waals surface area contributed by atoms with E-state index in [9.17, 15) is 4.79 Å². The second-order valence-electron chi connectivity index (χ2n) is 5.89. The largest absolute Gasteiger partial charge is 0.355 e. The molecule has 2 aromatic heterocycles. The first kappa shape index (κ1) is 15.5. The van der Waals surface area contributed by atoms with Crippen LogP contribution in [0.15, 0.2) is 31.0 Å². The van der Waals surface area contributed by atoms with Crippen LogP contribution in [0.5, 0.6) is 0 Å². The Morgan fingerprint density at radius 2 is 2.04 bits per heavy atom. The molecule has 1 atom stereocenters. The van der Waals surface area contributed by atoms with Crippen LogP contribution in [0, 0.1) is 6.92 Å². The van der Waals surface area contributed by atoms with Crippen LogP contribution in [-0.4, -0.2) is 44.6 Å². The second-order valence-corrected chi connectivity index (χ2v) is 5.89. The molecule has 7 nitrogen and oxygen atoms in total. The Bertz CT molecular complexity index is 648. The van der Waals surface area contributed by atoms with Crippen LogP contribution in [0.1, 0.15) is 31.6 Å². The van der Waals surface area contributed by atoms with Gasteiger partial charge in [-0.3, -0.25) is 9.78 Å². The zero-order valence-corrected chi connectivity index (χ0v) is 13.5. The van der Waals surface area contributed by atoms with Gasteiger partial charge in [0.15, 0.2) is 0 Å². The van der Waals surface area contributed by atoms with Crippen LogP contribution in [-0.2, 0) is 4.79 Å². The summed E-state index contributed by atoms with van der Waals surface area (Å²) in [6.07, 6.45) is 10.6. The highest BCUT2D eigenvalue weighted by Crippen LogP contribution is 2.17. The number of imidazole rings is 1. The molecule has 1 unspecified atom stereocenters. The lowest BCUT2D eigenvalue weighted by Crippen LogP contribution is -2.46. The monoisotopic (exact) mass is 314 g/mol. The van der Waals surface area contributed by atoms with Crippen molar-refractivity contribution in [1.29, 1.82) is 0 Å². The minimum absolute atomic E-state index is 0.0454. The van der Waals surface area contributed by atoms with Crippen LogP contribution < -0.4 is 10.2 Å². The van der Waals surface area contributed by atoms with Crippen LogP contribution in [0.3, 0.4) is 0 Å². The molecule has 122 valence electrons. The van der Waals surface area contributed by atoms with E-state index < -0.39 is 0 Å². The number of hydrogen-bond donors (Lipinski definition) is 1. The van der Waals surface area contributed by atoms with E-state index in [1.165, 1.54) is 0 Å². The summed E-state index contributed by atoms with van der Waals surface area (Å²) in [5.41, 5.74) is 0. The maximum absolute atomic E-state index is 12.4. The lowest BCUT2D eigenvalue weighted by molar-refractivity contribution is -0.124. The zero-order chi connectivity index (χ0) is 16.2. The topological polar surface area (TPSA) is 75.9 Å². The summed E-state index contributed by atoms with van der Waals surface area (Å²) in [7, 11) is 0. The number of carbonyl (C=O) groups is 1. The van der Waals surface area contributed by atoms with Gasteiger partial charge < -0.3 is 14.8 Å². The Kier molecular flexibility index (Phi) is 4.55. The predicted molar refractivity (Wildman–Crippen MR) is 87.1 cm³/mol. The highest BCUT2D eigenvalue weighted by atomic mass is 16.2. The number of carbonyl (C=O) groups excluding carboxylic acids is 1. The van der Waals surface area contributed by atoms with Gasteiger partial charge in [0.1, 0.15) is 17.7 Å². The molecular formula is C16H22N6O. The van der Waals surface area contributed by atoms with Crippen molar-refractivity contribution in [3.05, 3.63) is 36.8 Å². The molecule has 1 fully saturated rings. The number of nitrogens with zero attached hydrogens (tertiary/aromatic N) is 5. The van der Waals surface area contributed by atoms with Gasteiger partial charge in [0.2, 0.25) is 5.91 Å². The number of aromatic nitrogens is 4. The zero-order valence-electron chi connectivity index (χ0n) is 13.5. The molecule has 7 heteroatoms. The Labute approximate surface area is 135 Å². The van der Waals surface area contributed by atoms with Crippen LogP contribution in [0.4, 0.5) is 5.82 Å². The number of anilines is 1. The number of hydrogen-bond acceptors (Lipinski definition) is 5. The molecule has 0 radical (unpaired) electrons. The van der Waals surface area contributed by atoms with Gasteiger partial charge in [0.25, 0.3) is 0 Å². The van der Waals surface area contributed by atoms with Crippen molar-refractivity contribution in [2.45, 2.75) is 38.8 Å². The van der Waals surface area contributed by atoms with Crippen molar-refractivity contribution < 1.29 is 4.79 Å². The Morgan fingerprint density at radius 3 is 2.65 bits per heavy atom. The van der Waals surface area contributed by atoms with E-state index in [1.54, 1.807) is 24.8 Å². The third-order valence-electron chi connectivity index (χ3n) is 4.37. The summed E-state index contributed by atoms with van der Waals surface area (Å²) in [5.74, 6) is 1.80. The molecule has 3 heterocycles. The lowest BCUT2D eigenvalue weighted by Gasteiger charge is -2.33. The fourth-order valence-corrected chi connectivity index (χ4v) is 2.95. The highest BCUT2D eigenvalue weighted by molar-refractivity contribution is 5.80. The van der Waals surface area contributed by atoms with Gasteiger partial charge in [-0.15, -0.1) is 0 Å². The van der Waals surface area contributed by atoms with Crippen LogP contribution in [0.2, 0.25) is 0 Å². The fraction of sp³-hybridized carbons (Fsp3) is 0.500. The molecule has 0 spiro atoms. The number of piperidine rings is 1. The highest BCUT2D eigenvalue weighted by Gasteiger charge is 2.24. The average molecular weight is 314 g/mol. The third kappa shape index (κ3) is 3.49. The van der Waals surface area contributed by atoms with Crippen molar-refractivity contribution in [2.24, 2.45) is 0 Å². The van der Waals surface area contributed by atoms with Crippen molar-refractivity contribution in [1.82, 2.24) is 24.8 Å². The van der Waals surface area contributed by atoms with Gasteiger partial charge in [0, 0.05) is 43.9 Å². The molecule has 23 heavy (non-hydrogen) atoms. The molecule has 1 aliphatic heterocycles. The number of amides is 1. The van der Waals surface area contributed by atoms with Crippen molar-refractivity contribution in [3.63, 3.8) is 0 Å². The van der Waals surface area contributed by atoms with Crippen LogP contribution in [0.25, 0.3) is 0 Å². The van der Waals surface area contributed by atoms with E-state index in [0.717, 1.165) is 37.6 Å². The Hall–Kier alpha value is -2.44. The van der Waals surface area contributed by atoms with Crippen molar-refractivity contribution in [3.8, 4) is 0 Å². The van der Waals surface area contributed by atoms with Crippen LogP contribution >= 0.6 is 0 Å². The molecule has 0 saturated carbocycles. The summed E-state index contributed by atoms with van der Waals surface area (Å²) >= 11 is 0. The fourth-order valence-electron chi connectivity index (χ4n) is 2.95. The van der Waals surface area contributed by atoms with Gasteiger partial charge in [0.05, 0.1) is 6.20 Å². The van der Waals surface area contributed by atoms with Gasteiger partial charge in [-0.25, -0.2) is 9.97 Å². The van der Waals surface area contributed by atoms with E-state index >= 15 is 0 Å². The summed E-state index contributed by atoms with van der Waals surface area (Å²) < 4.78 is 1.89. The molecule has 2 aromatic rings. The summed E-state index contributed by atoms with van der Waals surface area (Å²) in [6, 6.07) is -0.0304. The number of nitrogens with one attached hydrogen (secondary N) is 1. The Balaban J connectivity index is 1.52. The van der Waals surface area contributed by atoms with Crippen molar-refractivity contribution >= 4 is 11.7 Å². The summed E-state index contributed by atoms with van der Waals surface area (Å²) in [6.45, 7) is 5.56. The van der Waals surface area contributed by atoms with Gasteiger partial charge in [-0.05, 0) is 26.7 Å². The first-order valence-electron chi connectivity index (χ1n) is 7.96. The van der Waals surface area contributed by atoms with E-state index in [-0.39, 0.29) is 18.0 Å². The SMILES string of the molecule is Cc1nccn1C(C)C(=O)NC1CCN(c2cnccn2)CC1. The second kappa shape index (κ2) is 6.76. The molecule has 0 aromatic carbocycles. The molecule has 1 aliphatic rings. The third-order valence-corrected chi connectivity index (χ3v) is 4.37. The maximum atomic E-state index is 12.4. The molecular weight excluding hydrogens is 292 g/mol. The lowest BCUT2D eigenvalue weighted by atomic mass is 10.0. The molecule has 0 bridgehead atoms. The normalized spacial score (nSPS) is 17.0. The first-order valence-corrected chi connectivity index (χ1v) is 7.96. The molecule has 1 saturated heterocycles. The standard InChI is InChI=1S/C16H22N6O/c1-12(22-10-7-18-13(22)2)16(23)20-14-3-8-21(9-4-14)15-11-17-5-6-19-15/h5-7,10-12,14H,3-4,8-9H2,1-2H3,(H,20,23).